The Bertz CT molecular complexity index is 1370. The topological polar surface area (TPSA) is 195 Å². The molecule has 0 unspecified atom stereocenters. The first kappa shape index (κ1) is 29.9. The molecule has 0 bridgehead atoms. The highest BCUT2D eigenvalue weighted by molar-refractivity contribution is 5.64. The first-order chi connectivity index (χ1) is 21.2. The fourth-order valence-corrected chi connectivity index (χ4v) is 6.64. The largest absolute Gasteiger partial charge is 0.497 e. The van der Waals surface area contributed by atoms with Crippen molar-refractivity contribution in [2.24, 2.45) is 0 Å². The van der Waals surface area contributed by atoms with E-state index in [1.54, 1.807) is 14.0 Å². The Balaban J connectivity index is 1.34. The maximum Gasteiger partial charge on any atom is 0.229 e. The van der Waals surface area contributed by atoms with E-state index < -0.39 is 86.8 Å². The maximum atomic E-state index is 11.1. The highest BCUT2D eigenvalue weighted by Crippen LogP contribution is 2.56. The van der Waals surface area contributed by atoms with E-state index in [0.717, 1.165) is 5.56 Å². The van der Waals surface area contributed by atoms with Crippen LogP contribution in [0.25, 0.3) is 0 Å². The second-order valence-corrected chi connectivity index (χ2v) is 11.6. The zero-order valence-corrected chi connectivity index (χ0v) is 24.0. The average molecular weight is 621 g/mol. The Morgan fingerprint density at radius 3 is 1.98 bits per heavy atom. The molecule has 0 amide bonds. The molecule has 5 aliphatic rings. The summed E-state index contributed by atoms with van der Waals surface area (Å²) in [5.74, 6) is 1.61. The fourth-order valence-electron chi connectivity index (χ4n) is 6.64. The average Bonchev–Trinajstić information content (AvgIpc) is 3.34. The Morgan fingerprint density at radius 2 is 1.34 bits per heavy atom. The molecule has 2 fully saturated rings. The minimum absolute atomic E-state index is 0.141. The molecule has 6 N–H and O–H groups in total. The summed E-state index contributed by atoms with van der Waals surface area (Å²) in [4.78, 5) is 0. The number of aliphatic hydroxyl groups excluding tert-OH is 6. The van der Waals surface area contributed by atoms with Gasteiger partial charge in [0, 0.05) is 12.0 Å². The Morgan fingerprint density at radius 1 is 0.727 bits per heavy atom. The summed E-state index contributed by atoms with van der Waals surface area (Å²) in [5.41, 5.74) is 2.34. The molecular weight excluding hydrogens is 584 g/mol. The van der Waals surface area contributed by atoms with Gasteiger partial charge in [-0.2, -0.15) is 0 Å². The van der Waals surface area contributed by atoms with Crippen LogP contribution in [0, 0.1) is 6.92 Å². The minimum atomic E-state index is -1.44. The Hall–Kier alpha value is -2.76. The van der Waals surface area contributed by atoms with Gasteiger partial charge in [0.1, 0.15) is 77.9 Å². The van der Waals surface area contributed by atoms with E-state index in [0.29, 0.717) is 34.6 Å². The van der Waals surface area contributed by atoms with Gasteiger partial charge in [-0.1, -0.05) is 12.1 Å². The van der Waals surface area contributed by atoms with Gasteiger partial charge in [-0.25, -0.2) is 0 Å². The molecule has 0 aromatic heterocycles. The van der Waals surface area contributed by atoms with Crippen molar-refractivity contribution in [1.82, 2.24) is 0 Å². The van der Waals surface area contributed by atoms with Gasteiger partial charge in [0.05, 0.1) is 44.2 Å². The second kappa shape index (κ2) is 11.6. The molecule has 12 atom stereocenters. The standard InChI is InChI=1S/C30H36O14/c1-11-24-14(10-38-27-22(35)20(33)17(8-31)41-29(27)43-24)26-19-16(40-28-23(36)21(34)18(9-32)42-30(28)44-26)7-15(39-25(11)19)12-3-5-13(37-2)6-4-12/h3-6,15-18,20-23,27-36H,7-10H2,1-2H3/t15-,16+,17+,18+,20+,21+,22-,23-,27+,28+,29-,30-/m0/s1. The van der Waals surface area contributed by atoms with Crippen LogP contribution in [0.4, 0.5) is 0 Å². The third-order valence-corrected chi connectivity index (χ3v) is 9.08. The molecule has 14 heteroatoms. The van der Waals surface area contributed by atoms with E-state index in [-0.39, 0.29) is 18.1 Å². The van der Waals surface area contributed by atoms with Crippen molar-refractivity contribution >= 4 is 0 Å². The van der Waals surface area contributed by atoms with Gasteiger partial charge in [0.15, 0.2) is 0 Å². The van der Waals surface area contributed by atoms with Crippen LogP contribution >= 0.6 is 0 Å². The Labute approximate surface area is 252 Å². The summed E-state index contributed by atoms with van der Waals surface area (Å²) in [7, 11) is 1.58. The highest BCUT2D eigenvalue weighted by Gasteiger charge is 2.53. The van der Waals surface area contributed by atoms with Crippen molar-refractivity contribution in [2.45, 2.75) is 93.6 Å². The van der Waals surface area contributed by atoms with Crippen molar-refractivity contribution in [3.8, 4) is 23.0 Å². The van der Waals surface area contributed by atoms with Crippen LogP contribution in [0.5, 0.6) is 23.0 Å². The van der Waals surface area contributed by atoms with Crippen LogP contribution in [0.1, 0.15) is 40.9 Å². The molecule has 2 aromatic carbocycles. The lowest BCUT2D eigenvalue weighted by atomic mass is 9.90. The van der Waals surface area contributed by atoms with E-state index in [2.05, 4.69) is 0 Å². The lowest BCUT2D eigenvalue weighted by Gasteiger charge is -2.41. The summed E-state index contributed by atoms with van der Waals surface area (Å²) < 4.78 is 48.8. The van der Waals surface area contributed by atoms with Crippen molar-refractivity contribution in [1.29, 1.82) is 0 Å². The smallest absolute Gasteiger partial charge is 0.229 e. The summed E-state index contributed by atoms with van der Waals surface area (Å²) >= 11 is 0. The number of methoxy groups -OCH3 is 1. The quantitative estimate of drug-likeness (QED) is 0.256. The molecule has 2 saturated heterocycles. The third kappa shape index (κ3) is 4.72. The van der Waals surface area contributed by atoms with E-state index in [9.17, 15) is 30.6 Å². The lowest BCUT2D eigenvalue weighted by Crippen LogP contribution is -2.60. The van der Waals surface area contributed by atoms with Crippen molar-refractivity contribution < 1.29 is 68.5 Å². The molecule has 5 heterocycles. The van der Waals surface area contributed by atoms with Gasteiger partial charge in [-0.05, 0) is 24.6 Å². The number of hydrogen-bond acceptors (Lipinski definition) is 14. The molecule has 0 radical (unpaired) electrons. The monoisotopic (exact) mass is 620 g/mol. The van der Waals surface area contributed by atoms with E-state index >= 15 is 0 Å². The summed E-state index contributed by atoms with van der Waals surface area (Å²) in [6.07, 6.45) is -13.5. The molecule has 14 nitrogen and oxygen atoms in total. The summed E-state index contributed by atoms with van der Waals surface area (Å²) in [6.45, 7) is 0.522. The summed E-state index contributed by atoms with van der Waals surface area (Å²) in [6, 6.07) is 7.40. The van der Waals surface area contributed by atoms with E-state index in [1.807, 2.05) is 24.3 Å². The molecule has 44 heavy (non-hydrogen) atoms. The normalized spacial score (nSPS) is 39.1. The van der Waals surface area contributed by atoms with Gasteiger partial charge in [-0.3, -0.25) is 0 Å². The molecule has 5 aliphatic heterocycles. The molecule has 7 rings (SSSR count). The van der Waals surface area contributed by atoms with Gasteiger partial charge in [0.2, 0.25) is 12.6 Å². The van der Waals surface area contributed by atoms with Crippen molar-refractivity contribution in [3.05, 3.63) is 46.5 Å². The predicted octanol–water partition coefficient (Wildman–Crippen LogP) is -0.498. The zero-order chi connectivity index (χ0) is 30.9. The van der Waals surface area contributed by atoms with Crippen LogP contribution in [0.3, 0.4) is 0 Å². The highest BCUT2D eigenvalue weighted by atomic mass is 16.7. The molecule has 0 aliphatic carbocycles. The second-order valence-electron chi connectivity index (χ2n) is 11.6. The number of hydrogen-bond donors (Lipinski definition) is 6. The van der Waals surface area contributed by atoms with Crippen LogP contribution < -0.4 is 18.9 Å². The fraction of sp³-hybridized carbons (Fsp3) is 0.600. The molecule has 0 saturated carbocycles. The zero-order valence-electron chi connectivity index (χ0n) is 24.0. The number of fused-ring (bicyclic) bond motifs is 4. The predicted molar refractivity (Wildman–Crippen MR) is 145 cm³/mol. The third-order valence-electron chi connectivity index (χ3n) is 9.08. The van der Waals surface area contributed by atoms with E-state index in [1.165, 1.54) is 0 Å². The van der Waals surface area contributed by atoms with Gasteiger partial charge in [-0.15, -0.1) is 0 Å². The van der Waals surface area contributed by atoms with Crippen LogP contribution in [-0.2, 0) is 25.6 Å². The SMILES string of the molecule is COc1ccc([C@@H]2C[C@H]3O[C@H]4[C@H](Oc5c6c(c(C)c(c53)O2)O[C@@H]2O[C@H](CO)[C@@H](O)[C@H](O)[C@H]2OC6)O[C@H](CO)[C@@H](O)[C@@H]4O)cc1. The van der Waals surface area contributed by atoms with Gasteiger partial charge < -0.3 is 68.5 Å². The molecule has 0 spiro atoms. The maximum absolute atomic E-state index is 11.1. The number of benzene rings is 2. The number of ether oxygens (including phenoxy) is 8. The Kier molecular flexibility index (Phi) is 7.86. The lowest BCUT2D eigenvalue weighted by molar-refractivity contribution is -0.292. The first-order valence-corrected chi connectivity index (χ1v) is 14.6. The first-order valence-electron chi connectivity index (χ1n) is 14.6. The van der Waals surface area contributed by atoms with Crippen molar-refractivity contribution in [2.75, 3.05) is 20.3 Å². The van der Waals surface area contributed by atoms with Crippen LogP contribution in [0.2, 0.25) is 0 Å². The number of aliphatic hydroxyl groups is 6. The van der Waals surface area contributed by atoms with Crippen LogP contribution in [0.15, 0.2) is 24.3 Å². The molecule has 240 valence electrons. The van der Waals surface area contributed by atoms with Gasteiger partial charge in [0.25, 0.3) is 0 Å². The number of rotatable bonds is 4. The molecular formula is C30H36O14. The van der Waals surface area contributed by atoms with Crippen LogP contribution in [-0.4, -0.2) is 112 Å². The van der Waals surface area contributed by atoms with E-state index in [4.69, 9.17) is 37.9 Å². The summed E-state index contributed by atoms with van der Waals surface area (Å²) in [5, 5.41) is 62.6. The van der Waals surface area contributed by atoms with Crippen molar-refractivity contribution in [3.63, 3.8) is 0 Å². The molecule has 2 aromatic rings. The van der Waals surface area contributed by atoms with Gasteiger partial charge >= 0.3 is 0 Å². The minimum Gasteiger partial charge on any atom is -0.497 e.